The van der Waals surface area contributed by atoms with Crippen molar-refractivity contribution in [3.63, 3.8) is 0 Å². The third-order valence-corrected chi connectivity index (χ3v) is 14.0. The summed E-state index contributed by atoms with van der Waals surface area (Å²) in [6.45, 7) is 0. The summed E-state index contributed by atoms with van der Waals surface area (Å²) in [7, 11) is 0. The molecular formula is C65H43NO. The molecule has 314 valence electrons. The number of hydrogen-bond donors (Lipinski definition) is 0. The van der Waals surface area contributed by atoms with E-state index in [4.69, 9.17) is 4.42 Å². The van der Waals surface area contributed by atoms with E-state index in [-0.39, 0.29) is 0 Å². The third-order valence-electron chi connectivity index (χ3n) is 14.0. The Hall–Kier alpha value is -8.72. The first-order chi connectivity index (χ1) is 33.3. The molecule has 0 aliphatic heterocycles. The summed E-state index contributed by atoms with van der Waals surface area (Å²) in [4.78, 5) is 2.52. The maximum absolute atomic E-state index is 6.57. The highest BCUT2D eigenvalue weighted by molar-refractivity contribution is 6.10. The molecule has 0 radical (unpaired) electrons. The molecule has 2 nitrogen and oxygen atoms in total. The zero-order valence-electron chi connectivity index (χ0n) is 36.7. The first-order valence-electron chi connectivity index (χ1n) is 23.1. The van der Waals surface area contributed by atoms with Gasteiger partial charge < -0.3 is 9.32 Å². The fourth-order valence-electron chi connectivity index (χ4n) is 11.1. The van der Waals surface area contributed by atoms with E-state index >= 15 is 0 Å². The van der Waals surface area contributed by atoms with Gasteiger partial charge in [0.1, 0.15) is 11.2 Å². The lowest BCUT2D eigenvalue weighted by Crippen LogP contribution is -2.28. The van der Waals surface area contributed by atoms with Gasteiger partial charge in [-0.25, -0.2) is 0 Å². The van der Waals surface area contributed by atoms with Crippen LogP contribution in [0.1, 0.15) is 22.3 Å². The van der Waals surface area contributed by atoms with Gasteiger partial charge in [0.25, 0.3) is 0 Å². The van der Waals surface area contributed by atoms with Crippen LogP contribution >= 0.6 is 0 Å². The molecule has 0 unspecified atom stereocenters. The Labute approximate surface area is 390 Å². The zero-order chi connectivity index (χ0) is 44.3. The Morgan fingerprint density at radius 1 is 0.328 bits per heavy atom. The second-order valence-corrected chi connectivity index (χ2v) is 17.5. The number of anilines is 3. The standard InChI is InChI=1S/C65H43NO/c1-4-19-45(20-5-1)53-42-39-47(52-30-16-22-44-21-10-11-27-51(44)52)43-61(53)66(50-40-37-46(38-41-50)54-31-17-32-56-55-28-13-15-36-62(55)67-64(54)56)60-35-18-34-59-63(60)57-29-12-14-33-58(57)65(59,48-23-6-2-7-24-48)49-25-8-3-9-26-49/h1-43H. The number of nitrogens with zero attached hydrogens (tertiary/aromatic N) is 1. The van der Waals surface area contributed by atoms with Crippen molar-refractivity contribution in [1.29, 1.82) is 0 Å². The number of para-hydroxylation sites is 2. The average Bonchev–Trinajstić information content (AvgIpc) is 3.94. The van der Waals surface area contributed by atoms with E-state index < -0.39 is 5.41 Å². The van der Waals surface area contributed by atoms with E-state index in [1.165, 1.54) is 49.7 Å². The summed E-state index contributed by atoms with van der Waals surface area (Å²) >= 11 is 0. The molecule has 1 aromatic heterocycles. The smallest absolute Gasteiger partial charge is 0.143 e. The number of fused-ring (bicyclic) bond motifs is 7. The van der Waals surface area contributed by atoms with E-state index in [1.807, 2.05) is 6.07 Å². The summed E-state index contributed by atoms with van der Waals surface area (Å²) in [6.07, 6.45) is 0. The van der Waals surface area contributed by atoms with Crippen molar-refractivity contribution in [2.24, 2.45) is 0 Å². The van der Waals surface area contributed by atoms with Gasteiger partial charge in [-0.3, -0.25) is 0 Å². The molecule has 0 bridgehead atoms. The van der Waals surface area contributed by atoms with E-state index in [0.29, 0.717) is 0 Å². The van der Waals surface area contributed by atoms with Crippen LogP contribution in [0.3, 0.4) is 0 Å². The minimum atomic E-state index is -0.557. The fourth-order valence-corrected chi connectivity index (χ4v) is 11.1. The van der Waals surface area contributed by atoms with Crippen LogP contribution in [0.5, 0.6) is 0 Å². The molecule has 0 saturated heterocycles. The van der Waals surface area contributed by atoms with Crippen molar-refractivity contribution >= 4 is 49.8 Å². The van der Waals surface area contributed by atoms with Gasteiger partial charge in [0, 0.05) is 33.2 Å². The lowest BCUT2D eigenvalue weighted by atomic mass is 9.68. The van der Waals surface area contributed by atoms with Crippen LogP contribution in [0, 0.1) is 0 Å². The molecule has 0 spiro atoms. The van der Waals surface area contributed by atoms with Crippen molar-refractivity contribution in [1.82, 2.24) is 0 Å². The number of furan rings is 1. The monoisotopic (exact) mass is 853 g/mol. The number of benzene rings is 11. The second kappa shape index (κ2) is 15.8. The van der Waals surface area contributed by atoms with E-state index in [9.17, 15) is 0 Å². The lowest BCUT2D eigenvalue weighted by Gasteiger charge is -2.34. The summed E-state index contributed by atoms with van der Waals surface area (Å²) in [5.41, 5.74) is 18.8. The summed E-state index contributed by atoms with van der Waals surface area (Å²) in [5.74, 6) is 0. The molecule has 0 fully saturated rings. The van der Waals surface area contributed by atoms with Gasteiger partial charge >= 0.3 is 0 Å². The molecule has 0 atom stereocenters. The van der Waals surface area contributed by atoms with Crippen LogP contribution in [0.2, 0.25) is 0 Å². The Morgan fingerprint density at radius 3 is 1.67 bits per heavy atom. The van der Waals surface area contributed by atoms with Crippen molar-refractivity contribution in [3.8, 4) is 44.5 Å². The molecule has 12 aromatic rings. The summed E-state index contributed by atoms with van der Waals surface area (Å²) in [5, 5.41) is 4.69. The normalized spacial score (nSPS) is 12.6. The highest BCUT2D eigenvalue weighted by Crippen LogP contribution is 2.60. The molecule has 1 heterocycles. The number of hydrogen-bond acceptors (Lipinski definition) is 2. The minimum absolute atomic E-state index is 0.557. The maximum atomic E-state index is 6.57. The Bertz CT molecular complexity index is 3750. The van der Waals surface area contributed by atoms with Crippen molar-refractivity contribution in [2.45, 2.75) is 5.41 Å². The zero-order valence-corrected chi connectivity index (χ0v) is 36.7. The van der Waals surface area contributed by atoms with E-state index in [0.717, 1.165) is 66.8 Å². The maximum Gasteiger partial charge on any atom is 0.143 e. The third kappa shape index (κ3) is 6.11. The lowest BCUT2D eigenvalue weighted by molar-refractivity contribution is 0.670. The van der Waals surface area contributed by atoms with E-state index in [1.54, 1.807) is 0 Å². The average molecular weight is 854 g/mol. The van der Waals surface area contributed by atoms with Crippen LogP contribution in [0.4, 0.5) is 17.1 Å². The van der Waals surface area contributed by atoms with Crippen molar-refractivity contribution < 1.29 is 4.42 Å². The van der Waals surface area contributed by atoms with Crippen LogP contribution in [0.25, 0.3) is 77.2 Å². The van der Waals surface area contributed by atoms with Crippen molar-refractivity contribution in [3.05, 3.63) is 283 Å². The van der Waals surface area contributed by atoms with Crippen LogP contribution in [-0.2, 0) is 5.41 Å². The predicted octanol–water partition coefficient (Wildman–Crippen LogP) is 17.6. The minimum Gasteiger partial charge on any atom is -0.455 e. The van der Waals surface area contributed by atoms with Crippen LogP contribution < -0.4 is 4.90 Å². The fraction of sp³-hybridized carbons (Fsp3) is 0.0154. The highest BCUT2D eigenvalue weighted by atomic mass is 16.3. The largest absolute Gasteiger partial charge is 0.455 e. The second-order valence-electron chi connectivity index (χ2n) is 17.5. The molecule has 0 amide bonds. The van der Waals surface area contributed by atoms with Gasteiger partial charge in [-0.1, -0.05) is 231 Å². The highest BCUT2D eigenvalue weighted by Gasteiger charge is 2.47. The Kier molecular flexibility index (Phi) is 9.11. The van der Waals surface area contributed by atoms with E-state index in [2.05, 4.69) is 260 Å². The molecule has 0 saturated carbocycles. The van der Waals surface area contributed by atoms with Gasteiger partial charge in [0.2, 0.25) is 0 Å². The predicted molar refractivity (Wildman–Crippen MR) is 280 cm³/mol. The van der Waals surface area contributed by atoms with Crippen molar-refractivity contribution in [2.75, 3.05) is 4.90 Å². The summed E-state index contributed by atoms with van der Waals surface area (Å²) in [6, 6.07) is 95.2. The molecule has 2 heteroatoms. The molecule has 11 aromatic carbocycles. The molecule has 0 N–H and O–H groups in total. The number of rotatable bonds is 8. The molecule has 13 rings (SSSR count). The first-order valence-corrected chi connectivity index (χ1v) is 23.1. The Balaban J connectivity index is 1.10. The molecule has 1 aliphatic rings. The molecular weight excluding hydrogens is 811 g/mol. The Morgan fingerprint density at radius 2 is 0.881 bits per heavy atom. The van der Waals surface area contributed by atoms with Crippen LogP contribution in [-0.4, -0.2) is 0 Å². The SMILES string of the molecule is c1ccc(-c2ccc(-c3cccc4ccccc34)cc2N(c2ccc(-c3cccc4c3oc3ccccc34)cc2)c2cccc3c2-c2ccccc2C3(c2ccccc2)c2ccccc2)cc1. The van der Waals surface area contributed by atoms with Crippen LogP contribution in [0.15, 0.2) is 265 Å². The molecule has 1 aliphatic carbocycles. The van der Waals surface area contributed by atoms with Gasteiger partial charge in [0.15, 0.2) is 0 Å². The topological polar surface area (TPSA) is 16.4 Å². The van der Waals surface area contributed by atoms with Gasteiger partial charge in [-0.05, 0) is 91.2 Å². The van der Waals surface area contributed by atoms with Gasteiger partial charge in [-0.2, -0.15) is 0 Å². The first kappa shape index (κ1) is 38.7. The van der Waals surface area contributed by atoms with Gasteiger partial charge in [0.05, 0.1) is 16.8 Å². The van der Waals surface area contributed by atoms with Gasteiger partial charge in [-0.15, -0.1) is 0 Å². The molecule has 67 heavy (non-hydrogen) atoms. The summed E-state index contributed by atoms with van der Waals surface area (Å²) < 4.78 is 6.57. The quantitative estimate of drug-likeness (QED) is 0.151.